The first-order valence-electron chi connectivity index (χ1n) is 8.63. The summed E-state index contributed by atoms with van der Waals surface area (Å²) in [6.45, 7) is 0.877. The highest BCUT2D eigenvalue weighted by Gasteiger charge is 2.27. The molecule has 0 aliphatic carbocycles. The summed E-state index contributed by atoms with van der Waals surface area (Å²) in [6.07, 6.45) is 10.3. The lowest BCUT2D eigenvalue weighted by Crippen LogP contribution is -2.36. The molecule has 0 saturated carbocycles. The summed E-state index contributed by atoms with van der Waals surface area (Å²) in [4.78, 5) is 19.1. The van der Waals surface area contributed by atoms with Gasteiger partial charge in [-0.2, -0.15) is 0 Å². The van der Waals surface area contributed by atoms with Crippen molar-refractivity contribution in [1.82, 2.24) is 14.5 Å². The molecule has 0 N–H and O–H groups in total. The highest BCUT2D eigenvalue weighted by molar-refractivity contribution is 7.99. The number of hydrogen-bond acceptors (Lipinski definition) is 3. The zero-order chi connectivity index (χ0) is 16.8. The van der Waals surface area contributed by atoms with Crippen LogP contribution in [0.1, 0.15) is 43.0 Å². The van der Waals surface area contributed by atoms with Crippen LogP contribution in [0, 0.1) is 0 Å². The summed E-state index contributed by atoms with van der Waals surface area (Å²) >= 11 is 1.68. The average Bonchev–Trinajstić information content (AvgIpc) is 2.88. The zero-order valence-electron chi connectivity index (χ0n) is 14.2. The zero-order valence-corrected chi connectivity index (χ0v) is 15.0. The van der Waals surface area contributed by atoms with Gasteiger partial charge in [-0.3, -0.25) is 9.78 Å². The van der Waals surface area contributed by atoms with E-state index in [-0.39, 0.29) is 11.9 Å². The molecule has 1 saturated heterocycles. The van der Waals surface area contributed by atoms with Gasteiger partial charge in [-0.25, -0.2) is 0 Å². The first-order chi connectivity index (χ1) is 11.8. The van der Waals surface area contributed by atoms with Crippen molar-refractivity contribution >= 4 is 17.7 Å². The lowest BCUT2D eigenvalue weighted by molar-refractivity contribution is -0.130. The number of likely N-dealkylation sites (tertiary alicyclic amines) is 1. The van der Waals surface area contributed by atoms with Crippen molar-refractivity contribution in [1.29, 1.82) is 0 Å². The molecule has 1 amide bonds. The van der Waals surface area contributed by atoms with E-state index < -0.39 is 0 Å². The summed E-state index contributed by atoms with van der Waals surface area (Å²) in [5.41, 5.74) is 2.42. The van der Waals surface area contributed by atoms with Gasteiger partial charge in [0.2, 0.25) is 5.91 Å². The molecule has 1 atom stereocenters. The maximum atomic E-state index is 12.8. The van der Waals surface area contributed by atoms with E-state index in [1.54, 1.807) is 18.0 Å². The van der Waals surface area contributed by atoms with Crippen LogP contribution in [0.5, 0.6) is 0 Å². The van der Waals surface area contributed by atoms with Gasteiger partial charge in [-0.1, -0.05) is 18.9 Å². The van der Waals surface area contributed by atoms with Crippen molar-refractivity contribution in [2.24, 2.45) is 7.05 Å². The highest BCUT2D eigenvalue weighted by atomic mass is 32.2. The van der Waals surface area contributed by atoms with Gasteiger partial charge in [-0.05, 0) is 36.6 Å². The molecular weight excluding hydrogens is 318 g/mol. The Bertz CT molecular complexity index is 656. The van der Waals surface area contributed by atoms with Crippen LogP contribution >= 0.6 is 11.8 Å². The Hall–Kier alpha value is -1.75. The molecule has 2 aromatic rings. The Balaban J connectivity index is 1.63. The quantitative estimate of drug-likeness (QED) is 0.829. The SMILES string of the molecule is Cn1cccc1[C@@H]1CCCCCN1C(=O)CSCc1cccnc1. The summed E-state index contributed by atoms with van der Waals surface area (Å²) < 4.78 is 2.15. The Morgan fingerprint density at radius 2 is 2.21 bits per heavy atom. The molecule has 0 unspecified atom stereocenters. The number of aromatic nitrogens is 2. The average molecular weight is 343 g/mol. The van der Waals surface area contributed by atoms with Crippen molar-refractivity contribution in [3.8, 4) is 0 Å². The van der Waals surface area contributed by atoms with Crippen LogP contribution in [0.25, 0.3) is 0 Å². The van der Waals surface area contributed by atoms with Gasteiger partial charge in [0.05, 0.1) is 11.8 Å². The van der Waals surface area contributed by atoms with Crippen LogP contribution in [0.2, 0.25) is 0 Å². The summed E-state index contributed by atoms with van der Waals surface area (Å²) in [7, 11) is 2.07. The van der Waals surface area contributed by atoms with E-state index in [0.29, 0.717) is 5.75 Å². The van der Waals surface area contributed by atoms with E-state index in [4.69, 9.17) is 0 Å². The van der Waals surface area contributed by atoms with Crippen LogP contribution < -0.4 is 0 Å². The van der Waals surface area contributed by atoms with Gasteiger partial charge in [0.1, 0.15) is 0 Å². The monoisotopic (exact) mass is 343 g/mol. The van der Waals surface area contributed by atoms with Crippen molar-refractivity contribution in [3.05, 3.63) is 54.1 Å². The Kier molecular flexibility index (Phi) is 5.96. The first kappa shape index (κ1) is 17.1. The largest absolute Gasteiger partial charge is 0.353 e. The minimum absolute atomic E-state index is 0.221. The number of pyridine rings is 1. The van der Waals surface area contributed by atoms with Crippen molar-refractivity contribution in [2.75, 3.05) is 12.3 Å². The first-order valence-corrected chi connectivity index (χ1v) is 9.78. The molecule has 5 heteroatoms. The van der Waals surface area contributed by atoms with Crippen LogP contribution in [0.15, 0.2) is 42.9 Å². The van der Waals surface area contributed by atoms with Crippen LogP contribution in [0.3, 0.4) is 0 Å². The second-order valence-corrected chi connectivity index (χ2v) is 7.34. The van der Waals surface area contributed by atoms with Crippen molar-refractivity contribution in [3.63, 3.8) is 0 Å². The molecule has 0 spiro atoms. The second-order valence-electron chi connectivity index (χ2n) is 6.35. The number of thioether (sulfide) groups is 1. The molecule has 0 radical (unpaired) electrons. The van der Waals surface area contributed by atoms with E-state index >= 15 is 0 Å². The van der Waals surface area contributed by atoms with Crippen molar-refractivity contribution in [2.45, 2.75) is 37.5 Å². The van der Waals surface area contributed by atoms with E-state index in [2.05, 4.69) is 45.9 Å². The number of nitrogens with zero attached hydrogens (tertiary/aromatic N) is 3. The predicted octanol–water partition coefficient (Wildman–Crippen LogP) is 3.80. The number of amides is 1. The molecule has 128 valence electrons. The molecule has 1 aliphatic rings. The number of hydrogen-bond donors (Lipinski definition) is 0. The second kappa shape index (κ2) is 8.38. The molecule has 4 nitrogen and oxygen atoms in total. The van der Waals surface area contributed by atoms with Gasteiger partial charge in [0, 0.05) is 43.6 Å². The number of rotatable bonds is 5. The highest BCUT2D eigenvalue weighted by Crippen LogP contribution is 2.30. The van der Waals surface area contributed by atoms with Crippen LogP contribution in [-0.4, -0.2) is 32.7 Å². The Labute approximate surface area is 148 Å². The standard InChI is InChI=1S/C19H25N3OS/c1-21-11-6-9-17(21)18-8-3-2-4-12-22(18)19(23)15-24-14-16-7-5-10-20-13-16/h5-7,9-11,13,18H,2-4,8,12,14-15H2,1H3/t18-/m0/s1. The molecule has 3 heterocycles. The van der Waals surface area contributed by atoms with Gasteiger partial charge in [-0.15, -0.1) is 11.8 Å². The normalized spacial score (nSPS) is 18.4. The third-order valence-corrected chi connectivity index (χ3v) is 5.60. The van der Waals surface area contributed by atoms with Crippen molar-refractivity contribution < 1.29 is 4.79 Å². The van der Waals surface area contributed by atoms with Gasteiger partial charge < -0.3 is 9.47 Å². The number of carbonyl (C=O) groups excluding carboxylic acids is 1. The molecule has 3 rings (SSSR count). The maximum absolute atomic E-state index is 12.8. The van der Waals surface area contributed by atoms with Crippen LogP contribution in [-0.2, 0) is 17.6 Å². The summed E-state index contributed by atoms with van der Waals surface area (Å²) in [5.74, 6) is 1.63. The fourth-order valence-corrected chi connectivity index (χ4v) is 4.21. The fraction of sp³-hybridized carbons (Fsp3) is 0.474. The fourth-order valence-electron chi connectivity index (χ4n) is 3.36. The van der Waals surface area contributed by atoms with E-state index in [9.17, 15) is 4.79 Å². The maximum Gasteiger partial charge on any atom is 0.233 e. The molecule has 2 aromatic heterocycles. The summed E-state index contributed by atoms with van der Waals surface area (Å²) in [5, 5.41) is 0. The molecule has 0 bridgehead atoms. The summed E-state index contributed by atoms with van der Waals surface area (Å²) in [6, 6.07) is 8.44. The van der Waals surface area contributed by atoms with Gasteiger partial charge in [0.15, 0.2) is 0 Å². The van der Waals surface area contributed by atoms with E-state index in [1.807, 2.05) is 12.3 Å². The molecule has 1 aliphatic heterocycles. The molecule has 1 fully saturated rings. The Morgan fingerprint density at radius 3 is 2.96 bits per heavy atom. The third-order valence-electron chi connectivity index (χ3n) is 4.62. The minimum atomic E-state index is 0.221. The van der Waals surface area contributed by atoms with Crippen LogP contribution in [0.4, 0.5) is 0 Å². The molecular formula is C19H25N3OS. The molecule has 0 aromatic carbocycles. The molecule has 24 heavy (non-hydrogen) atoms. The van der Waals surface area contributed by atoms with Gasteiger partial charge in [0.25, 0.3) is 0 Å². The minimum Gasteiger partial charge on any atom is -0.353 e. The van der Waals surface area contributed by atoms with E-state index in [1.165, 1.54) is 24.1 Å². The number of aryl methyl sites for hydroxylation is 1. The lowest BCUT2D eigenvalue weighted by Gasteiger charge is -2.30. The lowest BCUT2D eigenvalue weighted by atomic mass is 10.1. The third kappa shape index (κ3) is 4.20. The smallest absolute Gasteiger partial charge is 0.233 e. The van der Waals surface area contributed by atoms with E-state index in [0.717, 1.165) is 25.1 Å². The predicted molar refractivity (Wildman–Crippen MR) is 98.7 cm³/mol. The number of carbonyl (C=O) groups is 1. The Morgan fingerprint density at radius 1 is 1.29 bits per heavy atom. The topological polar surface area (TPSA) is 38.1 Å². The van der Waals surface area contributed by atoms with Gasteiger partial charge >= 0.3 is 0 Å².